The molecule has 0 unspecified atom stereocenters. The molecule has 0 spiro atoms. The topological polar surface area (TPSA) is 25.0 Å². The van der Waals surface area contributed by atoms with E-state index in [1.165, 1.54) is 12.8 Å². The third kappa shape index (κ3) is 1.49. The molecule has 2 nitrogen and oxygen atoms in total. The number of rotatable bonds is 3. The molecule has 0 bridgehead atoms. The molecule has 1 aromatic carbocycles. The lowest BCUT2D eigenvalue weighted by Crippen LogP contribution is -1.91. The van der Waals surface area contributed by atoms with Crippen LogP contribution in [0.3, 0.4) is 0 Å². The van der Waals surface area contributed by atoms with Gasteiger partial charge >= 0.3 is 0 Å². The minimum atomic E-state index is 0.620. The fourth-order valence-corrected chi connectivity index (χ4v) is 2.46. The molecule has 0 atom stereocenters. The van der Waals surface area contributed by atoms with Gasteiger partial charge in [0.05, 0.1) is 22.5 Å². The van der Waals surface area contributed by atoms with Gasteiger partial charge in [-0.1, -0.05) is 11.6 Å². The first-order valence-electron chi connectivity index (χ1n) is 5.65. The molecule has 1 radical (unpaired) electrons. The highest BCUT2D eigenvalue weighted by Crippen LogP contribution is 2.46. The van der Waals surface area contributed by atoms with E-state index >= 15 is 0 Å². The van der Waals surface area contributed by atoms with Crippen LogP contribution >= 0.6 is 11.6 Å². The fourth-order valence-electron chi connectivity index (χ4n) is 2.06. The lowest BCUT2D eigenvalue weighted by atomic mass is 10.2. The van der Waals surface area contributed by atoms with E-state index in [4.69, 9.17) is 16.3 Å². The Balaban J connectivity index is 2.20. The molecule has 0 aliphatic heterocycles. The largest absolute Gasteiger partial charge is 0.493 e. The number of fused-ring (bicyclic) bond motifs is 1. The Bertz CT molecular complexity index is 528. The average molecular weight is 235 g/mol. The number of benzene rings is 1. The van der Waals surface area contributed by atoms with Crippen molar-refractivity contribution in [3.05, 3.63) is 28.9 Å². The van der Waals surface area contributed by atoms with Gasteiger partial charge in [-0.2, -0.15) is 0 Å². The lowest BCUT2D eigenvalue weighted by Gasteiger charge is -2.04. The predicted molar refractivity (Wildman–Crippen MR) is 65.3 cm³/mol. The van der Waals surface area contributed by atoms with Crippen molar-refractivity contribution in [2.24, 2.45) is 0 Å². The number of aromatic nitrogens is 1. The molecule has 3 rings (SSSR count). The van der Waals surface area contributed by atoms with Crippen molar-refractivity contribution in [3.63, 3.8) is 0 Å². The highest BCUT2D eigenvalue weighted by Gasteiger charge is 2.29. The van der Waals surface area contributed by atoms with Crippen molar-refractivity contribution >= 4 is 22.5 Å². The summed E-state index contributed by atoms with van der Waals surface area (Å²) in [5.41, 5.74) is 2.19. The monoisotopic (exact) mass is 234 g/mol. The summed E-state index contributed by atoms with van der Waals surface area (Å²) >= 11 is 6.41. The molecule has 2 aromatic rings. The summed E-state index contributed by atoms with van der Waals surface area (Å²) < 4.78 is 5.58. The second-order valence-electron chi connectivity index (χ2n) is 4.17. The normalized spacial score (nSPS) is 15.6. The van der Waals surface area contributed by atoms with Gasteiger partial charge in [-0.05, 0) is 38.0 Å². The molecule has 16 heavy (non-hydrogen) atoms. The summed E-state index contributed by atoms with van der Waals surface area (Å²) in [6, 6.07) is 6.85. The zero-order valence-corrected chi connectivity index (χ0v) is 9.90. The number of halogens is 1. The summed E-state index contributed by atoms with van der Waals surface area (Å²) in [4.78, 5) is 3.38. The van der Waals surface area contributed by atoms with Gasteiger partial charge in [-0.25, -0.2) is 0 Å². The zero-order valence-electron chi connectivity index (χ0n) is 9.14. The van der Waals surface area contributed by atoms with Crippen LogP contribution in [0.4, 0.5) is 0 Å². The maximum atomic E-state index is 6.41. The van der Waals surface area contributed by atoms with Crippen molar-refractivity contribution < 1.29 is 4.74 Å². The summed E-state index contributed by atoms with van der Waals surface area (Å²) in [5.74, 6) is 1.45. The van der Waals surface area contributed by atoms with E-state index in [0.29, 0.717) is 12.5 Å². The molecule has 1 fully saturated rings. The molecule has 0 saturated heterocycles. The second kappa shape index (κ2) is 3.70. The molecular formula is C13H13ClNO. The van der Waals surface area contributed by atoms with Crippen LogP contribution in [0.1, 0.15) is 31.4 Å². The molecule has 1 aliphatic carbocycles. The minimum absolute atomic E-state index is 0.620. The van der Waals surface area contributed by atoms with E-state index in [-0.39, 0.29) is 0 Å². The first kappa shape index (κ1) is 10.0. The average Bonchev–Trinajstić information content (AvgIpc) is 3.05. The highest BCUT2D eigenvalue weighted by molar-refractivity contribution is 6.37. The Hall–Kier alpha value is -1.15. The summed E-state index contributed by atoms with van der Waals surface area (Å²) in [5, 5.41) is 1.83. The molecule has 83 valence electrons. The van der Waals surface area contributed by atoms with E-state index in [2.05, 4.69) is 11.1 Å². The number of hydrogen-bond donors (Lipinski definition) is 1. The van der Waals surface area contributed by atoms with Crippen LogP contribution in [-0.2, 0) is 0 Å². The molecule has 1 heterocycles. The van der Waals surface area contributed by atoms with Gasteiger partial charge in [0.15, 0.2) is 0 Å². The lowest BCUT2D eigenvalue weighted by molar-refractivity contribution is 0.344. The first-order valence-corrected chi connectivity index (χ1v) is 6.03. The predicted octanol–water partition coefficient (Wildman–Crippen LogP) is 3.90. The van der Waals surface area contributed by atoms with E-state index in [9.17, 15) is 0 Å². The van der Waals surface area contributed by atoms with Gasteiger partial charge in [0.25, 0.3) is 0 Å². The van der Waals surface area contributed by atoms with Gasteiger partial charge in [0, 0.05) is 11.6 Å². The molecule has 1 N–H and O–H groups in total. The van der Waals surface area contributed by atoms with Crippen molar-refractivity contribution in [3.8, 4) is 5.75 Å². The van der Waals surface area contributed by atoms with E-state index in [1.807, 2.05) is 19.1 Å². The fraction of sp³-hybridized carbons (Fsp3) is 0.385. The second-order valence-corrected chi connectivity index (χ2v) is 4.55. The zero-order chi connectivity index (χ0) is 11.1. The van der Waals surface area contributed by atoms with Crippen LogP contribution in [0.25, 0.3) is 10.9 Å². The Kier molecular flexibility index (Phi) is 2.32. The van der Waals surface area contributed by atoms with Crippen LogP contribution in [0.2, 0.25) is 5.02 Å². The smallest absolute Gasteiger partial charge is 0.130 e. The Morgan fingerprint density at radius 1 is 1.50 bits per heavy atom. The van der Waals surface area contributed by atoms with Crippen LogP contribution in [-0.4, -0.2) is 11.6 Å². The number of ether oxygens (including phenoxy) is 1. The number of hydrogen-bond acceptors (Lipinski definition) is 1. The third-order valence-corrected chi connectivity index (χ3v) is 3.36. The van der Waals surface area contributed by atoms with Gasteiger partial charge < -0.3 is 9.72 Å². The molecule has 1 aromatic heterocycles. The SMILES string of the molecule is CCOc1c[c]cc2[nH]c(C3CC3)c(Cl)c12. The van der Waals surface area contributed by atoms with Crippen molar-refractivity contribution in [1.82, 2.24) is 4.98 Å². The van der Waals surface area contributed by atoms with Gasteiger partial charge in [-0.3, -0.25) is 0 Å². The summed E-state index contributed by atoms with van der Waals surface area (Å²) in [7, 11) is 0. The van der Waals surface area contributed by atoms with Crippen molar-refractivity contribution in [1.29, 1.82) is 0 Å². The number of aromatic amines is 1. The minimum Gasteiger partial charge on any atom is -0.493 e. The van der Waals surface area contributed by atoms with E-state index < -0.39 is 0 Å². The van der Waals surface area contributed by atoms with Gasteiger partial charge in [-0.15, -0.1) is 0 Å². The molecular weight excluding hydrogens is 222 g/mol. The van der Waals surface area contributed by atoms with Crippen LogP contribution in [0.15, 0.2) is 12.1 Å². The summed E-state index contributed by atoms with van der Waals surface area (Å²) in [6.07, 6.45) is 2.47. The van der Waals surface area contributed by atoms with Crippen LogP contribution < -0.4 is 4.74 Å². The van der Waals surface area contributed by atoms with Gasteiger partial charge in [0.2, 0.25) is 0 Å². The number of nitrogens with one attached hydrogen (secondary N) is 1. The van der Waals surface area contributed by atoms with Crippen LogP contribution in [0, 0.1) is 6.07 Å². The Labute approximate surface area is 99.6 Å². The summed E-state index contributed by atoms with van der Waals surface area (Å²) in [6.45, 7) is 2.62. The highest BCUT2D eigenvalue weighted by atomic mass is 35.5. The Morgan fingerprint density at radius 2 is 2.31 bits per heavy atom. The van der Waals surface area contributed by atoms with Crippen molar-refractivity contribution in [2.45, 2.75) is 25.7 Å². The number of H-pyrrole nitrogens is 1. The molecule has 0 amide bonds. The Morgan fingerprint density at radius 3 is 3.00 bits per heavy atom. The van der Waals surface area contributed by atoms with E-state index in [1.54, 1.807) is 0 Å². The quantitative estimate of drug-likeness (QED) is 0.856. The first-order chi connectivity index (χ1) is 7.81. The van der Waals surface area contributed by atoms with E-state index in [0.717, 1.165) is 27.4 Å². The maximum absolute atomic E-state index is 6.41. The van der Waals surface area contributed by atoms with Crippen molar-refractivity contribution in [2.75, 3.05) is 6.61 Å². The molecule has 1 saturated carbocycles. The third-order valence-electron chi connectivity index (χ3n) is 2.97. The molecule has 1 aliphatic rings. The standard InChI is InChI=1S/C13H13ClNO/c1-2-16-10-5-3-4-9-11(10)12(14)13(15-9)8-6-7-8/h4-5,8,15H,2,6-7H2,1H3. The van der Waals surface area contributed by atoms with Crippen LogP contribution in [0.5, 0.6) is 5.75 Å². The molecule has 3 heteroatoms. The maximum Gasteiger partial charge on any atom is 0.130 e. The van der Waals surface area contributed by atoms with Gasteiger partial charge in [0.1, 0.15) is 5.75 Å².